The van der Waals surface area contributed by atoms with E-state index in [-0.39, 0.29) is 11.3 Å². The van der Waals surface area contributed by atoms with E-state index in [0.29, 0.717) is 11.5 Å². The lowest BCUT2D eigenvalue weighted by atomic mass is 9.88. The van der Waals surface area contributed by atoms with Gasteiger partial charge in [-0.3, -0.25) is 10.1 Å². The van der Waals surface area contributed by atoms with Gasteiger partial charge >= 0.3 is 5.97 Å². The summed E-state index contributed by atoms with van der Waals surface area (Å²) in [5, 5.41) is 20.4. The maximum atomic E-state index is 11.2. The van der Waals surface area contributed by atoms with Gasteiger partial charge in [0.05, 0.1) is 12.0 Å². The number of ether oxygens (including phenoxy) is 1. The molecule has 1 heterocycles. The van der Waals surface area contributed by atoms with Crippen molar-refractivity contribution in [1.82, 2.24) is 0 Å². The summed E-state index contributed by atoms with van der Waals surface area (Å²) in [5.41, 5.74) is 2.64. The molecule has 0 aliphatic carbocycles. The third-order valence-electron chi connectivity index (χ3n) is 5.35. The van der Waals surface area contributed by atoms with Crippen LogP contribution in [0.1, 0.15) is 36.8 Å². The van der Waals surface area contributed by atoms with Gasteiger partial charge in [0, 0.05) is 42.0 Å². The molecule has 152 valence electrons. The average molecular weight is 396 g/mol. The van der Waals surface area contributed by atoms with Crippen molar-refractivity contribution in [2.45, 2.75) is 25.7 Å². The molecule has 1 aliphatic rings. The molecule has 0 radical (unpaired) electrons. The molecule has 2 aromatic carbocycles. The van der Waals surface area contributed by atoms with Crippen molar-refractivity contribution < 1.29 is 19.6 Å². The summed E-state index contributed by atoms with van der Waals surface area (Å²) in [6.07, 6.45) is 3.33. The molecule has 0 aromatic heterocycles. The normalized spacial score (nSPS) is 15.2. The number of nitro groups is 1. The minimum absolute atomic E-state index is 0.0536. The Morgan fingerprint density at radius 2 is 1.93 bits per heavy atom. The summed E-state index contributed by atoms with van der Waals surface area (Å²) < 4.78 is 5.49. The van der Waals surface area contributed by atoms with E-state index < -0.39 is 10.9 Å². The fourth-order valence-electron chi connectivity index (χ4n) is 3.79. The van der Waals surface area contributed by atoms with E-state index in [9.17, 15) is 20.0 Å². The number of carbonyl (C=O) groups is 1. The van der Waals surface area contributed by atoms with E-state index in [4.69, 9.17) is 4.74 Å². The van der Waals surface area contributed by atoms with Gasteiger partial charge in [0.1, 0.15) is 5.75 Å². The first-order valence-electron chi connectivity index (χ1n) is 9.48. The predicted molar refractivity (Wildman–Crippen MR) is 112 cm³/mol. The fraction of sp³-hybridized carbons (Fsp3) is 0.318. The van der Waals surface area contributed by atoms with Gasteiger partial charge in [-0.15, -0.1) is 0 Å². The number of methoxy groups -OCH3 is 1. The molecular weight excluding hydrogens is 372 g/mol. The lowest BCUT2D eigenvalue weighted by Gasteiger charge is -2.35. The van der Waals surface area contributed by atoms with Crippen LogP contribution in [-0.4, -0.2) is 36.2 Å². The highest BCUT2D eigenvalue weighted by Crippen LogP contribution is 2.37. The lowest BCUT2D eigenvalue weighted by Crippen LogP contribution is -2.33. The smallest absolute Gasteiger partial charge is 0.331 e. The number of non-ortho nitro benzene ring substituents is 1. The van der Waals surface area contributed by atoms with E-state index in [0.717, 1.165) is 37.4 Å². The molecule has 1 N–H and O–H groups in total. The maximum absolute atomic E-state index is 11.2. The van der Waals surface area contributed by atoms with E-state index in [1.54, 1.807) is 13.2 Å². The van der Waals surface area contributed by atoms with E-state index in [2.05, 4.69) is 11.0 Å². The number of nitrogens with zero attached hydrogens (tertiary/aromatic N) is 2. The Kier molecular flexibility index (Phi) is 6.16. The predicted octanol–water partition coefficient (Wildman–Crippen LogP) is 4.48. The number of hydrogen-bond donors (Lipinski definition) is 1. The van der Waals surface area contributed by atoms with E-state index in [1.807, 2.05) is 18.2 Å². The van der Waals surface area contributed by atoms with Crippen molar-refractivity contribution in [1.29, 1.82) is 0 Å². The molecule has 0 amide bonds. The number of para-hydroxylation sites is 1. The lowest BCUT2D eigenvalue weighted by molar-refractivity contribution is -0.384. The van der Waals surface area contributed by atoms with Gasteiger partial charge in [-0.2, -0.15) is 0 Å². The summed E-state index contributed by atoms with van der Waals surface area (Å²) in [6, 6.07) is 12.6. The molecule has 0 unspecified atom stereocenters. The Morgan fingerprint density at radius 3 is 2.55 bits per heavy atom. The van der Waals surface area contributed by atoms with Crippen LogP contribution in [-0.2, 0) is 4.79 Å². The van der Waals surface area contributed by atoms with Gasteiger partial charge in [-0.25, -0.2) is 4.79 Å². The first kappa shape index (κ1) is 20.4. The molecule has 0 saturated carbocycles. The van der Waals surface area contributed by atoms with Gasteiger partial charge in [0.2, 0.25) is 0 Å². The van der Waals surface area contributed by atoms with Crippen molar-refractivity contribution in [3.63, 3.8) is 0 Å². The highest BCUT2D eigenvalue weighted by molar-refractivity contribution is 5.93. The van der Waals surface area contributed by atoms with Crippen molar-refractivity contribution in [3.05, 3.63) is 69.3 Å². The third-order valence-corrected chi connectivity index (χ3v) is 5.35. The van der Waals surface area contributed by atoms with Gasteiger partial charge in [-0.05, 0) is 49.5 Å². The van der Waals surface area contributed by atoms with Crippen LogP contribution in [0.3, 0.4) is 0 Å². The standard InChI is InChI=1S/C22H24N2O5/c1-15(22(25)26)13-17-14-18(24(27)28)7-8-20(17)23-11-9-16(10-12-23)19-5-3-4-6-21(19)29-2/h3-8,13-14,16H,9-12H2,1-2H3,(H,25,26)/b15-13+. The molecule has 1 saturated heterocycles. The van der Waals surface area contributed by atoms with Crippen LogP contribution >= 0.6 is 0 Å². The molecule has 1 aliphatic heterocycles. The Labute approximate surface area is 169 Å². The number of carboxylic acid groups (broad SMARTS) is 1. The Hall–Kier alpha value is -3.35. The van der Waals surface area contributed by atoms with Crippen LogP contribution in [0.2, 0.25) is 0 Å². The summed E-state index contributed by atoms with van der Waals surface area (Å²) in [7, 11) is 1.67. The van der Waals surface area contributed by atoms with E-state index >= 15 is 0 Å². The molecule has 7 heteroatoms. The molecule has 0 bridgehead atoms. The summed E-state index contributed by atoms with van der Waals surface area (Å²) >= 11 is 0. The van der Waals surface area contributed by atoms with Crippen LogP contribution in [0.25, 0.3) is 6.08 Å². The zero-order valence-electron chi connectivity index (χ0n) is 16.5. The van der Waals surface area contributed by atoms with Gasteiger partial charge in [0.25, 0.3) is 5.69 Å². The van der Waals surface area contributed by atoms with E-state index in [1.165, 1.54) is 30.7 Å². The summed E-state index contributed by atoms with van der Waals surface area (Å²) in [4.78, 5) is 24.1. The Bertz CT molecular complexity index is 946. The number of aliphatic carboxylic acids is 1. The SMILES string of the molecule is COc1ccccc1C1CCN(c2ccc([N+](=O)[O-])cc2/C=C(\C)C(=O)O)CC1. The first-order valence-corrected chi connectivity index (χ1v) is 9.48. The molecule has 1 fully saturated rings. The maximum Gasteiger partial charge on any atom is 0.331 e. The summed E-state index contributed by atoms with van der Waals surface area (Å²) in [6.45, 7) is 3.03. The fourth-order valence-corrected chi connectivity index (χ4v) is 3.79. The third kappa shape index (κ3) is 4.56. The zero-order chi connectivity index (χ0) is 21.0. The first-order chi connectivity index (χ1) is 13.9. The molecule has 3 rings (SSSR count). The number of anilines is 1. The van der Waals surface area contributed by atoms with Crippen molar-refractivity contribution >= 4 is 23.4 Å². The molecular formula is C22H24N2O5. The highest BCUT2D eigenvalue weighted by Gasteiger charge is 2.25. The molecule has 7 nitrogen and oxygen atoms in total. The Morgan fingerprint density at radius 1 is 1.24 bits per heavy atom. The van der Waals surface area contributed by atoms with Gasteiger partial charge in [0.15, 0.2) is 0 Å². The largest absolute Gasteiger partial charge is 0.496 e. The van der Waals surface area contributed by atoms with Crippen LogP contribution in [0.5, 0.6) is 5.75 Å². The monoisotopic (exact) mass is 396 g/mol. The Balaban J connectivity index is 1.85. The van der Waals surface area contributed by atoms with Gasteiger partial charge in [-0.1, -0.05) is 18.2 Å². The highest BCUT2D eigenvalue weighted by atomic mass is 16.6. The van der Waals surface area contributed by atoms with Crippen LogP contribution in [0.15, 0.2) is 48.0 Å². The quantitative estimate of drug-likeness (QED) is 0.440. The number of hydrogen-bond acceptors (Lipinski definition) is 5. The number of carboxylic acids is 1. The number of nitro benzene ring substituents is 1. The second kappa shape index (κ2) is 8.77. The minimum atomic E-state index is -1.04. The van der Waals surface area contributed by atoms with Crippen molar-refractivity contribution in [3.8, 4) is 5.75 Å². The van der Waals surface area contributed by atoms with Gasteiger partial charge < -0.3 is 14.7 Å². The molecule has 29 heavy (non-hydrogen) atoms. The number of rotatable bonds is 6. The number of benzene rings is 2. The van der Waals surface area contributed by atoms with Crippen molar-refractivity contribution in [2.75, 3.05) is 25.1 Å². The molecule has 0 atom stereocenters. The molecule has 0 spiro atoms. The van der Waals surface area contributed by atoms with Crippen molar-refractivity contribution in [2.24, 2.45) is 0 Å². The van der Waals surface area contributed by atoms with Crippen LogP contribution in [0, 0.1) is 10.1 Å². The second-order valence-corrected chi connectivity index (χ2v) is 7.14. The van der Waals surface area contributed by atoms with Crippen LogP contribution in [0.4, 0.5) is 11.4 Å². The zero-order valence-corrected chi connectivity index (χ0v) is 16.5. The molecule has 2 aromatic rings. The summed E-state index contributed by atoms with van der Waals surface area (Å²) in [5.74, 6) is 0.222. The topological polar surface area (TPSA) is 92.9 Å². The van der Waals surface area contributed by atoms with Crippen LogP contribution < -0.4 is 9.64 Å². The minimum Gasteiger partial charge on any atom is -0.496 e. The second-order valence-electron chi connectivity index (χ2n) is 7.14. The average Bonchev–Trinajstić information content (AvgIpc) is 2.73. The number of piperidine rings is 1.